The molecule has 0 saturated heterocycles. The first-order valence-corrected chi connectivity index (χ1v) is 6.84. The van der Waals surface area contributed by atoms with E-state index in [1.54, 1.807) is 50.2 Å². The number of nitro benzene ring substituents is 1. The summed E-state index contributed by atoms with van der Waals surface area (Å²) in [4.78, 5) is 22.5. The summed E-state index contributed by atoms with van der Waals surface area (Å²) in [6.07, 6.45) is 0. The van der Waals surface area contributed by atoms with Crippen LogP contribution in [-0.4, -0.2) is 16.5 Å². The highest BCUT2D eigenvalue weighted by Gasteiger charge is 2.12. The van der Waals surface area contributed by atoms with Crippen LogP contribution in [0.15, 0.2) is 47.6 Å². The van der Waals surface area contributed by atoms with Crippen molar-refractivity contribution in [1.29, 1.82) is 0 Å². The zero-order chi connectivity index (χ0) is 17.0. The molecule has 2 rings (SSSR count). The molecule has 0 aliphatic heterocycles. The quantitative estimate of drug-likeness (QED) is 0.391. The minimum Gasteiger partial charge on any atom is -0.399 e. The molecule has 0 saturated carbocycles. The van der Waals surface area contributed by atoms with Crippen LogP contribution in [-0.2, 0) is 0 Å². The number of benzene rings is 2. The number of amides is 1. The van der Waals surface area contributed by atoms with E-state index in [0.717, 1.165) is 0 Å². The van der Waals surface area contributed by atoms with Crippen molar-refractivity contribution in [3.8, 4) is 0 Å². The fourth-order valence-corrected chi connectivity index (χ4v) is 1.93. The number of rotatable bonds is 4. The second kappa shape index (κ2) is 6.69. The topological polar surface area (TPSA) is 111 Å². The molecule has 0 radical (unpaired) electrons. The lowest BCUT2D eigenvalue weighted by Crippen LogP contribution is -2.19. The van der Waals surface area contributed by atoms with Crippen molar-refractivity contribution in [3.05, 3.63) is 69.3 Å². The smallest absolute Gasteiger partial charge is 0.272 e. The third-order valence-electron chi connectivity index (χ3n) is 3.32. The molecule has 23 heavy (non-hydrogen) atoms. The molecule has 0 atom stereocenters. The minimum absolute atomic E-state index is 0.0157. The number of hydrazone groups is 1. The Bertz CT molecular complexity index is 782. The van der Waals surface area contributed by atoms with E-state index in [4.69, 9.17) is 5.73 Å². The summed E-state index contributed by atoms with van der Waals surface area (Å²) in [6, 6.07) is 11.2. The molecule has 2 aromatic carbocycles. The third-order valence-corrected chi connectivity index (χ3v) is 3.32. The largest absolute Gasteiger partial charge is 0.399 e. The van der Waals surface area contributed by atoms with Gasteiger partial charge in [-0.05, 0) is 38.1 Å². The van der Waals surface area contributed by atoms with Crippen molar-refractivity contribution in [2.45, 2.75) is 13.8 Å². The Hall–Kier alpha value is -3.22. The van der Waals surface area contributed by atoms with Crippen molar-refractivity contribution in [3.63, 3.8) is 0 Å². The van der Waals surface area contributed by atoms with Crippen LogP contribution in [0.1, 0.15) is 28.4 Å². The van der Waals surface area contributed by atoms with Gasteiger partial charge in [-0.2, -0.15) is 5.10 Å². The molecule has 7 heteroatoms. The SMILES string of the molecule is C/C(=N/NC(=O)c1ccc(N)cc1)c1ccc(C)c([N+](=O)[O-])c1. The van der Waals surface area contributed by atoms with Gasteiger partial charge in [0.2, 0.25) is 0 Å². The second-order valence-electron chi connectivity index (χ2n) is 5.02. The Morgan fingerprint density at radius 2 is 1.78 bits per heavy atom. The number of nitrogen functional groups attached to an aromatic ring is 1. The highest BCUT2D eigenvalue weighted by molar-refractivity contribution is 6.01. The number of nitrogens with zero attached hydrogens (tertiary/aromatic N) is 2. The highest BCUT2D eigenvalue weighted by atomic mass is 16.6. The van der Waals surface area contributed by atoms with Crippen LogP contribution in [0.3, 0.4) is 0 Å². The first-order chi connectivity index (χ1) is 10.9. The molecule has 3 N–H and O–H groups in total. The average Bonchev–Trinajstić information content (AvgIpc) is 2.53. The summed E-state index contributed by atoms with van der Waals surface area (Å²) >= 11 is 0. The molecular formula is C16H16N4O3. The van der Waals surface area contributed by atoms with Gasteiger partial charge in [0.1, 0.15) is 0 Å². The van der Waals surface area contributed by atoms with Crippen molar-refractivity contribution in [2.24, 2.45) is 5.10 Å². The molecule has 0 aliphatic carbocycles. The molecule has 0 unspecified atom stereocenters. The zero-order valence-corrected chi connectivity index (χ0v) is 12.7. The monoisotopic (exact) mass is 312 g/mol. The van der Waals surface area contributed by atoms with Crippen LogP contribution in [0.2, 0.25) is 0 Å². The first kappa shape index (κ1) is 16.2. The molecule has 0 aliphatic rings. The van der Waals surface area contributed by atoms with Gasteiger partial charge in [0.25, 0.3) is 11.6 Å². The molecule has 0 fully saturated rings. The van der Waals surface area contributed by atoms with E-state index in [1.165, 1.54) is 6.07 Å². The number of anilines is 1. The van der Waals surface area contributed by atoms with Gasteiger partial charge in [-0.3, -0.25) is 14.9 Å². The molecule has 0 bridgehead atoms. The minimum atomic E-state index is -0.445. The van der Waals surface area contributed by atoms with Gasteiger partial charge in [0.05, 0.1) is 10.6 Å². The van der Waals surface area contributed by atoms with Crippen LogP contribution >= 0.6 is 0 Å². The van der Waals surface area contributed by atoms with Gasteiger partial charge in [-0.1, -0.05) is 12.1 Å². The number of carbonyl (C=O) groups is 1. The molecule has 0 spiro atoms. The van der Waals surface area contributed by atoms with Crippen molar-refractivity contribution < 1.29 is 9.72 Å². The van der Waals surface area contributed by atoms with Gasteiger partial charge in [-0.15, -0.1) is 0 Å². The van der Waals surface area contributed by atoms with E-state index in [0.29, 0.717) is 28.1 Å². The van der Waals surface area contributed by atoms with Gasteiger partial charge in [0, 0.05) is 28.4 Å². The van der Waals surface area contributed by atoms with Gasteiger partial charge in [-0.25, -0.2) is 5.43 Å². The maximum absolute atomic E-state index is 12.0. The molecule has 0 aromatic heterocycles. The van der Waals surface area contributed by atoms with E-state index < -0.39 is 4.92 Å². The van der Waals surface area contributed by atoms with Crippen molar-refractivity contribution in [2.75, 3.05) is 5.73 Å². The fraction of sp³-hybridized carbons (Fsp3) is 0.125. The van der Waals surface area contributed by atoms with Crippen LogP contribution in [0.4, 0.5) is 11.4 Å². The van der Waals surface area contributed by atoms with Gasteiger partial charge in [0.15, 0.2) is 0 Å². The summed E-state index contributed by atoms with van der Waals surface area (Å²) in [5, 5.41) is 14.9. The Balaban J connectivity index is 2.16. The lowest BCUT2D eigenvalue weighted by Gasteiger charge is -2.04. The van der Waals surface area contributed by atoms with E-state index >= 15 is 0 Å². The van der Waals surface area contributed by atoms with E-state index in [-0.39, 0.29) is 11.6 Å². The summed E-state index contributed by atoms with van der Waals surface area (Å²) in [6.45, 7) is 3.33. The Labute approximate surface area is 133 Å². The standard InChI is InChI=1S/C16H16N4O3/c1-10-3-4-13(9-15(10)20(22)23)11(2)18-19-16(21)12-5-7-14(17)8-6-12/h3-9H,17H2,1-2H3,(H,19,21)/b18-11-. The number of nitrogens with two attached hydrogens (primary N) is 1. The number of nitrogens with one attached hydrogen (secondary N) is 1. The Morgan fingerprint density at radius 3 is 2.39 bits per heavy atom. The summed E-state index contributed by atoms with van der Waals surface area (Å²) in [7, 11) is 0. The van der Waals surface area contributed by atoms with Gasteiger partial charge < -0.3 is 5.73 Å². The first-order valence-electron chi connectivity index (χ1n) is 6.84. The summed E-state index contributed by atoms with van der Waals surface area (Å²) in [5.41, 5.74) is 10.6. The van der Waals surface area contributed by atoms with E-state index in [9.17, 15) is 14.9 Å². The Morgan fingerprint density at radius 1 is 1.17 bits per heavy atom. The molecule has 1 amide bonds. The molecule has 118 valence electrons. The number of hydrogen-bond donors (Lipinski definition) is 2. The Kier molecular flexibility index (Phi) is 4.70. The summed E-state index contributed by atoms with van der Waals surface area (Å²) in [5.74, 6) is -0.383. The van der Waals surface area contributed by atoms with Crippen molar-refractivity contribution >= 4 is 23.0 Å². The fourth-order valence-electron chi connectivity index (χ4n) is 1.93. The van der Waals surface area contributed by atoms with E-state index in [2.05, 4.69) is 10.5 Å². The van der Waals surface area contributed by atoms with Gasteiger partial charge >= 0.3 is 0 Å². The normalized spacial score (nSPS) is 11.1. The molecule has 7 nitrogen and oxygen atoms in total. The number of hydrogen-bond acceptors (Lipinski definition) is 5. The van der Waals surface area contributed by atoms with Crippen molar-refractivity contribution in [1.82, 2.24) is 5.43 Å². The summed E-state index contributed by atoms with van der Waals surface area (Å²) < 4.78 is 0. The molecule has 2 aromatic rings. The maximum atomic E-state index is 12.0. The number of aryl methyl sites for hydroxylation is 1. The third kappa shape index (κ3) is 3.91. The molecular weight excluding hydrogens is 296 g/mol. The second-order valence-corrected chi connectivity index (χ2v) is 5.02. The van der Waals surface area contributed by atoms with Crippen LogP contribution in [0, 0.1) is 17.0 Å². The predicted molar refractivity (Wildman–Crippen MR) is 88.4 cm³/mol. The van der Waals surface area contributed by atoms with E-state index in [1.807, 2.05) is 0 Å². The number of carbonyl (C=O) groups excluding carboxylic acids is 1. The lowest BCUT2D eigenvalue weighted by molar-refractivity contribution is -0.385. The molecule has 0 heterocycles. The van der Waals surface area contributed by atoms with Crippen LogP contribution in [0.25, 0.3) is 0 Å². The average molecular weight is 312 g/mol. The van der Waals surface area contributed by atoms with Crippen LogP contribution < -0.4 is 11.2 Å². The maximum Gasteiger partial charge on any atom is 0.272 e. The number of nitro groups is 1. The lowest BCUT2D eigenvalue weighted by atomic mass is 10.1. The highest BCUT2D eigenvalue weighted by Crippen LogP contribution is 2.19. The zero-order valence-electron chi connectivity index (χ0n) is 12.7. The van der Waals surface area contributed by atoms with Crippen LogP contribution in [0.5, 0.6) is 0 Å². The predicted octanol–water partition coefficient (Wildman–Crippen LogP) is 2.64.